The van der Waals surface area contributed by atoms with Gasteiger partial charge in [-0.1, -0.05) is 12.1 Å². The third kappa shape index (κ3) is 3.27. The lowest BCUT2D eigenvalue weighted by Gasteiger charge is -2.20. The first-order chi connectivity index (χ1) is 9.63. The van der Waals surface area contributed by atoms with Gasteiger partial charge in [0, 0.05) is 12.2 Å². The zero-order chi connectivity index (χ0) is 14.5. The van der Waals surface area contributed by atoms with Crippen LogP contribution in [0.5, 0.6) is 5.75 Å². The van der Waals surface area contributed by atoms with Gasteiger partial charge in [0.1, 0.15) is 11.6 Å². The maximum Gasteiger partial charge on any atom is 0.123 e. The second kappa shape index (κ2) is 6.39. The van der Waals surface area contributed by atoms with Gasteiger partial charge in [0.25, 0.3) is 0 Å². The molecule has 0 amide bonds. The molecule has 0 saturated heterocycles. The zero-order valence-corrected chi connectivity index (χ0v) is 11.7. The molecule has 3 N–H and O–H groups in total. The molecule has 2 rings (SSSR count). The molecule has 0 heterocycles. The topological polar surface area (TPSA) is 47.3 Å². The summed E-state index contributed by atoms with van der Waals surface area (Å²) in [5.74, 6) is 0.603. The molecule has 2 aromatic carbocycles. The Morgan fingerprint density at radius 1 is 1.20 bits per heavy atom. The Kier molecular flexibility index (Phi) is 4.58. The molecule has 0 aromatic heterocycles. The monoisotopic (exact) mass is 274 g/mol. The van der Waals surface area contributed by atoms with Gasteiger partial charge < -0.3 is 15.8 Å². The van der Waals surface area contributed by atoms with Crippen LogP contribution in [0, 0.1) is 12.7 Å². The molecule has 0 radical (unpaired) electrons. The number of anilines is 1. The third-order valence-corrected chi connectivity index (χ3v) is 3.24. The fourth-order valence-electron chi connectivity index (χ4n) is 2.14. The van der Waals surface area contributed by atoms with Gasteiger partial charge in [0.05, 0.1) is 13.2 Å². The van der Waals surface area contributed by atoms with Crippen LogP contribution < -0.4 is 15.8 Å². The number of benzene rings is 2. The Balaban J connectivity index is 2.19. The van der Waals surface area contributed by atoms with Gasteiger partial charge in [-0.3, -0.25) is 0 Å². The predicted octanol–water partition coefficient (Wildman–Crippen LogP) is 3.25. The van der Waals surface area contributed by atoms with Gasteiger partial charge in [-0.05, 0) is 48.4 Å². The van der Waals surface area contributed by atoms with Crippen LogP contribution in [0.15, 0.2) is 42.5 Å². The first-order valence-corrected chi connectivity index (χ1v) is 6.50. The van der Waals surface area contributed by atoms with E-state index in [1.807, 2.05) is 25.1 Å². The number of hydrogen-bond donors (Lipinski definition) is 2. The standard InChI is InChI=1S/C16H19FN2O/c1-11-9-12(3-8-16(11)20-2)15(10-18)19-14-6-4-13(17)5-7-14/h3-9,15,19H,10,18H2,1-2H3. The highest BCUT2D eigenvalue weighted by Crippen LogP contribution is 2.24. The van der Waals surface area contributed by atoms with Crippen LogP contribution in [-0.4, -0.2) is 13.7 Å². The minimum atomic E-state index is -0.250. The predicted molar refractivity (Wildman–Crippen MR) is 79.5 cm³/mol. The van der Waals surface area contributed by atoms with Crippen molar-refractivity contribution in [1.29, 1.82) is 0 Å². The summed E-state index contributed by atoms with van der Waals surface area (Å²) in [4.78, 5) is 0. The number of methoxy groups -OCH3 is 1. The summed E-state index contributed by atoms with van der Waals surface area (Å²) in [5.41, 5.74) is 8.82. The zero-order valence-electron chi connectivity index (χ0n) is 11.7. The smallest absolute Gasteiger partial charge is 0.123 e. The molecule has 2 aromatic rings. The maximum absolute atomic E-state index is 12.9. The average molecular weight is 274 g/mol. The van der Waals surface area contributed by atoms with Crippen LogP contribution >= 0.6 is 0 Å². The van der Waals surface area contributed by atoms with Crippen molar-refractivity contribution in [1.82, 2.24) is 0 Å². The van der Waals surface area contributed by atoms with Gasteiger partial charge in [-0.2, -0.15) is 0 Å². The van der Waals surface area contributed by atoms with Crippen LogP contribution in [0.25, 0.3) is 0 Å². The van der Waals surface area contributed by atoms with Crippen LogP contribution in [0.2, 0.25) is 0 Å². The lowest BCUT2D eigenvalue weighted by atomic mass is 10.0. The first kappa shape index (κ1) is 14.3. The molecule has 0 fully saturated rings. The minimum Gasteiger partial charge on any atom is -0.496 e. The highest BCUT2D eigenvalue weighted by molar-refractivity contribution is 5.47. The molecule has 20 heavy (non-hydrogen) atoms. The molecule has 0 aliphatic rings. The van der Waals surface area contributed by atoms with Gasteiger partial charge in [0.2, 0.25) is 0 Å². The fourth-order valence-corrected chi connectivity index (χ4v) is 2.14. The second-order valence-electron chi connectivity index (χ2n) is 4.67. The maximum atomic E-state index is 12.9. The van der Waals surface area contributed by atoms with Crippen molar-refractivity contribution < 1.29 is 9.13 Å². The summed E-state index contributed by atoms with van der Waals surface area (Å²) in [6.07, 6.45) is 0. The Morgan fingerprint density at radius 2 is 1.90 bits per heavy atom. The van der Waals surface area contributed by atoms with Crippen molar-refractivity contribution in [2.75, 3.05) is 19.0 Å². The SMILES string of the molecule is COc1ccc(C(CN)Nc2ccc(F)cc2)cc1C. The molecule has 0 aliphatic heterocycles. The van der Waals surface area contributed by atoms with E-state index in [0.29, 0.717) is 6.54 Å². The van der Waals surface area contributed by atoms with E-state index in [4.69, 9.17) is 10.5 Å². The van der Waals surface area contributed by atoms with Crippen molar-refractivity contribution in [3.63, 3.8) is 0 Å². The summed E-state index contributed by atoms with van der Waals surface area (Å²) >= 11 is 0. The molecule has 0 spiro atoms. The number of hydrogen-bond acceptors (Lipinski definition) is 3. The van der Waals surface area contributed by atoms with Crippen LogP contribution in [-0.2, 0) is 0 Å². The number of ether oxygens (including phenoxy) is 1. The van der Waals surface area contributed by atoms with Crippen molar-refractivity contribution in [2.45, 2.75) is 13.0 Å². The number of rotatable bonds is 5. The second-order valence-corrected chi connectivity index (χ2v) is 4.67. The Bertz CT molecular complexity index is 569. The molecule has 3 nitrogen and oxygen atoms in total. The van der Waals surface area contributed by atoms with Gasteiger partial charge in [0.15, 0.2) is 0 Å². The van der Waals surface area contributed by atoms with Crippen molar-refractivity contribution in [2.24, 2.45) is 5.73 Å². The third-order valence-electron chi connectivity index (χ3n) is 3.24. The number of halogens is 1. The summed E-state index contributed by atoms with van der Waals surface area (Å²) in [6.45, 7) is 2.44. The van der Waals surface area contributed by atoms with E-state index in [-0.39, 0.29) is 11.9 Å². The van der Waals surface area contributed by atoms with Crippen molar-refractivity contribution in [3.8, 4) is 5.75 Å². The molecule has 0 bridgehead atoms. The quantitative estimate of drug-likeness (QED) is 0.879. The molecule has 1 atom stereocenters. The normalized spacial score (nSPS) is 12.0. The summed E-state index contributed by atoms with van der Waals surface area (Å²) in [5, 5.41) is 3.30. The van der Waals surface area contributed by atoms with E-state index in [1.54, 1.807) is 19.2 Å². The molecular weight excluding hydrogens is 255 g/mol. The number of nitrogens with two attached hydrogens (primary N) is 1. The van der Waals surface area contributed by atoms with E-state index in [1.165, 1.54) is 12.1 Å². The highest BCUT2D eigenvalue weighted by atomic mass is 19.1. The Morgan fingerprint density at radius 3 is 2.45 bits per heavy atom. The fraction of sp³-hybridized carbons (Fsp3) is 0.250. The Labute approximate surface area is 118 Å². The van der Waals surface area contributed by atoms with E-state index >= 15 is 0 Å². The van der Waals surface area contributed by atoms with E-state index in [0.717, 1.165) is 22.6 Å². The number of nitrogens with one attached hydrogen (secondary N) is 1. The number of aryl methyl sites for hydroxylation is 1. The van der Waals surface area contributed by atoms with Crippen LogP contribution in [0.3, 0.4) is 0 Å². The van der Waals surface area contributed by atoms with Crippen LogP contribution in [0.4, 0.5) is 10.1 Å². The Hall–Kier alpha value is -2.07. The van der Waals surface area contributed by atoms with Gasteiger partial charge in [-0.25, -0.2) is 4.39 Å². The molecule has 4 heteroatoms. The van der Waals surface area contributed by atoms with Crippen LogP contribution in [0.1, 0.15) is 17.2 Å². The van der Waals surface area contributed by atoms with Crippen molar-refractivity contribution in [3.05, 3.63) is 59.4 Å². The molecular formula is C16H19FN2O. The first-order valence-electron chi connectivity index (χ1n) is 6.50. The van der Waals surface area contributed by atoms with E-state index < -0.39 is 0 Å². The minimum absolute atomic E-state index is 0.0231. The highest BCUT2D eigenvalue weighted by Gasteiger charge is 2.11. The molecule has 0 saturated carbocycles. The summed E-state index contributed by atoms with van der Waals surface area (Å²) < 4.78 is 18.2. The lowest BCUT2D eigenvalue weighted by Crippen LogP contribution is -2.20. The van der Waals surface area contributed by atoms with E-state index in [9.17, 15) is 4.39 Å². The summed E-state index contributed by atoms with van der Waals surface area (Å²) in [7, 11) is 1.65. The summed E-state index contributed by atoms with van der Waals surface area (Å²) in [6, 6.07) is 12.2. The van der Waals surface area contributed by atoms with Gasteiger partial charge in [-0.15, -0.1) is 0 Å². The molecule has 1 unspecified atom stereocenters. The largest absolute Gasteiger partial charge is 0.496 e. The molecule has 0 aliphatic carbocycles. The van der Waals surface area contributed by atoms with Gasteiger partial charge >= 0.3 is 0 Å². The van der Waals surface area contributed by atoms with E-state index in [2.05, 4.69) is 5.32 Å². The lowest BCUT2D eigenvalue weighted by molar-refractivity contribution is 0.411. The average Bonchev–Trinajstić information content (AvgIpc) is 2.46. The molecule has 106 valence electrons. The van der Waals surface area contributed by atoms with Crippen molar-refractivity contribution >= 4 is 5.69 Å².